The summed E-state index contributed by atoms with van der Waals surface area (Å²) >= 11 is 0.854. The van der Waals surface area contributed by atoms with Crippen LogP contribution < -0.4 is 4.72 Å². The highest BCUT2D eigenvalue weighted by Gasteiger charge is 2.26. The molecule has 2 heterocycles. The van der Waals surface area contributed by atoms with Gasteiger partial charge in [0.2, 0.25) is 10.0 Å². The predicted molar refractivity (Wildman–Crippen MR) is 99.3 cm³/mol. The van der Waals surface area contributed by atoms with E-state index in [0.29, 0.717) is 5.76 Å². The minimum atomic E-state index is -3.92. The molecule has 1 aromatic carbocycles. The molecule has 12 heteroatoms. The van der Waals surface area contributed by atoms with Gasteiger partial charge in [-0.2, -0.15) is 0 Å². The molecule has 0 fully saturated rings. The Morgan fingerprint density at radius 3 is 2.57 bits per heavy atom. The zero-order valence-corrected chi connectivity index (χ0v) is 16.7. The third-order valence-corrected chi connectivity index (χ3v) is 5.87. The molecule has 0 spiro atoms. The number of nitrogens with one attached hydrogen (secondary N) is 1. The van der Waals surface area contributed by atoms with Gasteiger partial charge in [-0.15, -0.1) is 10.2 Å². The lowest BCUT2D eigenvalue weighted by atomic mass is 10.1. The van der Waals surface area contributed by atoms with E-state index in [-0.39, 0.29) is 26.6 Å². The molecule has 0 aliphatic carbocycles. The molecule has 10 nitrogen and oxygen atoms in total. The molecular weight excluding hydrogens is 408 g/mol. The Morgan fingerprint density at radius 2 is 1.96 bits per heavy atom. The van der Waals surface area contributed by atoms with E-state index in [1.165, 1.54) is 18.4 Å². The number of nitro benzene ring substituents is 1. The van der Waals surface area contributed by atoms with Crippen molar-refractivity contribution in [1.82, 2.24) is 14.9 Å². The number of hydrogen-bond acceptors (Lipinski definition) is 9. The van der Waals surface area contributed by atoms with Crippen molar-refractivity contribution in [3.63, 3.8) is 0 Å². The Bertz CT molecular complexity index is 1100. The van der Waals surface area contributed by atoms with Gasteiger partial charge in [-0.25, -0.2) is 13.1 Å². The van der Waals surface area contributed by atoms with Crippen LogP contribution in [0.3, 0.4) is 0 Å². The zero-order valence-electron chi connectivity index (χ0n) is 15.1. The smallest absolute Gasteiger partial charge is 0.284 e. The lowest BCUT2D eigenvalue weighted by molar-refractivity contribution is -0.388. The van der Waals surface area contributed by atoms with Crippen LogP contribution in [0.1, 0.15) is 20.8 Å². The van der Waals surface area contributed by atoms with Crippen LogP contribution >= 0.6 is 11.8 Å². The molecule has 3 aromatic rings. The quantitative estimate of drug-likeness (QED) is 0.465. The molecule has 0 saturated heterocycles. The molecule has 148 valence electrons. The second-order valence-electron chi connectivity index (χ2n) is 6.69. The summed E-state index contributed by atoms with van der Waals surface area (Å²) in [6, 6.07) is 6.90. The van der Waals surface area contributed by atoms with Gasteiger partial charge in [0, 0.05) is 11.6 Å². The van der Waals surface area contributed by atoms with Crippen molar-refractivity contribution in [3.8, 4) is 11.7 Å². The summed E-state index contributed by atoms with van der Waals surface area (Å²) < 4.78 is 37.9. The van der Waals surface area contributed by atoms with Crippen LogP contribution in [-0.2, 0) is 10.0 Å². The van der Waals surface area contributed by atoms with E-state index in [1.54, 1.807) is 32.9 Å². The van der Waals surface area contributed by atoms with Crippen molar-refractivity contribution >= 4 is 27.5 Å². The number of hydrogen-bond donors (Lipinski definition) is 1. The van der Waals surface area contributed by atoms with Crippen LogP contribution in [0, 0.1) is 10.1 Å². The first-order valence-electron chi connectivity index (χ1n) is 7.93. The van der Waals surface area contributed by atoms with Crippen LogP contribution in [0.5, 0.6) is 0 Å². The van der Waals surface area contributed by atoms with E-state index in [4.69, 9.17) is 8.83 Å². The number of nitrogens with zero attached hydrogens (tertiary/aromatic N) is 3. The molecule has 0 aliphatic rings. The first-order valence-corrected chi connectivity index (χ1v) is 10.2. The Balaban J connectivity index is 1.91. The van der Waals surface area contributed by atoms with Gasteiger partial charge in [0.05, 0.1) is 21.0 Å². The highest BCUT2D eigenvalue weighted by atomic mass is 32.2. The van der Waals surface area contributed by atoms with E-state index >= 15 is 0 Å². The monoisotopic (exact) mass is 424 g/mol. The molecule has 0 atom stereocenters. The maximum Gasteiger partial charge on any atom is 0.284 e. The number of furan rings is 1. The van der Waals surface area contributed by atoms with Crippen molar-refractivity contribution in [2.75, 3.05) is 0 Å². The van der Waals surface area contributed by atoms with E-state index in [2.05, 4.69) is 14.9 Å². The first-order chi connectivity index (χ1) is 13.0. The van der Waals surface area contributed by atoms with Gasteiger partial charge in [-0.05, 0) is 56.8 Å². The molecule has 2 aromatic heterocycles. The predicted octanol–water partition coefficient (Wildman–Crippen LogP) is 3.47. The molecule has 0 amide bonds. The molecule has 28 heavy (non-hydrogen) atoms. The Kier molecular flexibility index (Phi) is 5.28. The van der Waals surface area contributed by atoms with Crippen LogP contribution in [0.4, 0.5) is 5.69 Å². The summed E-state index contributed by atoms with van der Waals surface area (Å²) in [7, 11) is -3.92. The van der Waals surface area contributed by atoms with Gasteiger partial charge in [0.1, 0.15) is 0 Å². The average molecular weight is 424 g/mol. The Morgan fingerprint density at radius 1 is 1.21 bits per heavy atom. The summed E-state index contributed by atoms with van der Waals surface area (Å²) in [4.78, 5) is 10.8. The molecule has 0 radical (unpaired) electrons. The molecule has 0 bridgehead atoms. The lowest BCUT2D eigenvalue weighted by Gasteiger charge is -2.20. The number of nitro groups is 1. The van der Waals surface area contributed by atoms with Gasteiger partial charge in [0.15, 0.2) is 5.76 Å². The van der Waals surface area contributed by atoms with Crippen molar-refractivity contribution in [1.29, 1.82) is 0 Å². The third kappa shape index (κ3) is 4.58. The summed E-state index contributed by atoms with van der Waals surface area (Å²) in [5, 5.41) is 19.2. The second kappa shape index (κ2) is 7.37. The van der Waals surface area contributed by atoms with Gasteiger partial charge < -0.3 is 8.83 Å². The lowest BCUT2D eigenvalue weighted by Crippen LogP contribution is -2.40. The van der Waals surface area contributed by atoms with Gasteiger partial charge >= 0.3 is 0 Å². The fourth-order valence-electron chi connectivity index (χ4n) is 2.20. The number of benzene rings is 1. The van der Waals surface area contributed by atoms with Gasteiger partial charge in [-0.3, -0.25) is 10.1 Å². The van der Waals surface area contributed by atoms with Crippen molar-refractivity contribution in [2.24, 2.45) is 0 Å². The van der Waals surface area contributed by atoms with Crippen molar-refractivity contribution in [2.45, 2.75) is 41.3 Å². The minimum absolute atomic E-state index is 0.0536. The first kappa shape index (κ1) is 20.0. The van der Waals surface area contributed by atoms with Gasteiger partial charge in [0.25, 0.3) is 16.8 Å². The molecule has 0 aliphatic heterocycles. The zero-order chi connectivity index (χ0) is 20.5. The Labute approximate surface area is 164 Å². The van der Waals surface area contributed by atoms with Gasteiger partial charge in [-0.1, -0.05) is 0 Å². The molecule has 1 N–H and O–H groups in total. The number of aromatic nitrogens is 2. The second-order valence-corrected chi connectivity index (χ2v) is 9.37. The maximum absolute atomic E-state index is 12.4. The van der Waals surface area contributed by atoms with E-state index < -0.39 is 20.5 Å². The average Bonchev–Trinajstić information content (AvgIpc) is 3.23. The van der Waals surface area contributed by atoms with Crippen LogP contribution in [0.2, 0.25) is 0 Å². The number of rotatable bonds is 6. The maximum atomic E-state index is 12.4. The highest BCUT2D eigenvalue weighted by Crippen LogP contribution is 2.36. The summed E-state index contributed by atoms with van der Waals surface area (Å²) in [5.74, 6) is 0.493. The fraction of sp³-hybridized carbons (Fsp3) is 0.250. The number of sulfonamides is 1. The largest absolute Gasteiger partial charge is 0.459 e. The molecule has 0 saturated carbocycles. The summed E-state index contributed by atoms with van der Waals surface area (Å²) in [5.41, 5.74) is -1.12. The van der Waals surface area contributed by atoms with E-state index in [1.807, 2.05) is 0 Å². The summed E-state index contributed by atoms with van der Waals surface area (Å²) in [6.45, 7) is 5.03. The molecular formula is C16H16N4O6S2. The van der Waals surface area contributed by atoms with Crippen LogP contribution in [-0.4, -0.2) is 29.1 Å². The topological polar surface area (TPSA) is 141 Å². The molecule has 3 rings (SSSR count). The van der Waals surface area contributed by atoms with Crippen LogP contribution in [0.25, 0.3) is 11.7 Å². The van der Waals surface area contributed by atoms with Crippen molar-refractivity contribution < 1.29 is 22.2 Å². The third-order valence-electron chi connectivity index (χ3n) is 3.21. The highest BCUT2D eigenvalue weighted by molar-refractivity contribution is 7.99. The normalized spacial score (nSPS) is 12.2. The minimum Gasteiger partial charge on any atom is -0.459 e. The SMILES string of the molecule is CC(C)(C)NS(=O)(=O)c1ccc(Sc2nnc(-c3ccco3)o2)c([N+](=O)[O-])c1. The Hall–Kier alpha value is -2.70. The fourth-order valence-corrected chi connectivity index (χ4v) is 4.40. The molecule has 0 unspecified atom stereocenters. The standard InChI is InChI=1S/C16H16N4O6S2/c1-16(2,3)19-28(23,24)10-6-7-13(11(9-10)20(21)22)27-15-18-17-14(26-15)12-5-4-8-25-12/h4-9,19H,1-3H3. The van der Waals surface area contributed by atoms with Crippen molar-refractivity contribution in [3.05, 3.63) is 46.7 Å². The summed E-state index contributed by atoms with van der Waals surface area (Å²) in [6.07, 6.45) is 1.45. The van der Waals surface area contributed by atoms with E-state index in [0.717, 1.165) is 17.8 Å². The van der Waals surface area contributed by atoms with Crippen LogP contribution in [0.15, 0.2) is 60.4 Å². The van der Waals surface area contributed by atoms with E-state index in [9.17, 15) is 18.5 Å².